The van der Waals surface area contributed by atoms with Crippen LogP contribution in [-0.2, 0) is 4.79 Å². The van der Waals surface area contributed by atoms with Crippen molar-refractivity contribution in [3.63, 3.8) is 0 Å². The van der Waals surface area contributed by atoms with E-state index in [1.54, 1.807) is 0 Å². The molecule has 1 rings (SSSR count). The maximum Gasteiger partial charge on any atom is 0.155 e. The van der Waals surface area contributed by atoms with Crippen molar-refractivity contribution in [3.8, 4) is 0 Å². The monoisotopic (exact) mass is 225 g/mol. The molecule has 0 amide bonds. The summed E-state index contributed by atoms with van der Waals surface area (Å²) in [6, 6.07) is 0.382. The fourth-order valence-electron chi connectivity index (χ4n) is 3.08. The Morgan fingerprint density at radius 3 is 2.38 bits per heavy atom. The van der Waals surface area contributed by atoms with Gasteiger partial charge >= 0.3 is 0 Å². The normalized spacial score (nSPS) is 31.1. The molecule has 1 fully saturated rings. The lowest BCUT2D eigenvalue weighted by atomic mass is 9.71. The average Bonchev–Trinajstić information content (AvgIpc) is 2.15. The summed E-state index contributed by atoms with van der Waals surface area (Å²) in [5.74, 6) is 1.21. The standard InChI is InChI=1S/C14H27NO/c1-10(2)13(16)14(15-11(3)4)8-6-7-12(5)9-14/h10-12,15H,6-9H2,1-5H3. The van der Waals surface area contributed by atoms with Gasteiger partial charge in [0.1, 0.15) is 0 Å². The fourth-order valence-corrected chi connectivity index (χ4v) is 3.08. The first-order chi connectivity index (χ1) is 7.37. The third-order valence-corrected chi connectivity index (χ3v) is 3.56. The summed E-state index contributed by atoms with van der Waals surface area (Å²) in [6.45, 7) is 10.6. The van der Waals surface area contributed by atoms with Gasteiger partial charge in [-0.25, -0.2) is 0 Å². The van der Waals surface area contributed by atoms with Gasteiger partial charge in [0.2, 0.25) is 0 Å². The SMILES string of the molecule is CC1CCCC(NC(C)C)(C(=O)C(C)C)C1. The first kappa shape index (κ1) is 13.7. The summed E-state index contributed by atoms with van der Waals surface area (Å²) in [6.07, 6.45) is 4.49. The fraction of sp³-hybridized carbons (Fsp3) is 0.929. The van der Waals surface area contributed by atoms with E-state index in [2.05, 4.69) is 26.1 Å². The van der Waals surface area contributed by atoms with E-state index >= 15 is 0 Å². The minimum absolute atomic E-state index is 0.136. The quantitative estimate of drug-likeness (QED) is 0.796. The van der Waals surface area contributed by atoms with E-state index < -0.39 is 0 Å². The second-order valence-electron chi connectivity index (χ2n) is 6.10. The Labute approximate surface area is 100 Å². The van der Waals surface area contributed by atoms with Gasteiger partial charge in [-0.05, 0) is 32.6 Å². The van der Waals surface area contributed by atoms with Gasteiger partial charge in [0.25, 0.3) is 0 Å². The molecule has 1 saturated carbocycles. The van der Waals surface area contributed by atoms with Crippen molar-refractivity contribution in [2.75, 3.05) is 0 Å². The van der Waals surface area contributed by atoms with Crippen molar-refractivity contribution in [3.05, 3.63) is 0 Å². The van der Waals surface area contributed by atoms with Crippen LogP contribution in [0.15, 0.2) is 0 Å². The van der Waals surface area contributed by atoms with Crippen molar-refractivity contribution < 1.29 is 4.79 Å². The molecule has 0 saturated heterocycles. The van der Waals surface area contributed by atoms with E-state index in [1.165, 1.54) is 12.8 Å². The van der Waals surface area contributed by atoms with Gasteiger partial charge in [0, 0.05) is 12.0 Å². The number of ketones is 1. The first-order valence-electron chi connectivity index (χ1n) is 6.69. The number of hydrogen-bond donors (Lipinski definition) is 1. The highest BCUT2D eigenvalue weighted by Crippen LogP contribution is 2.35. The predicted octanol–water partition coefficient (Wildman–Crippen LogP) is 3.16. The Bertz CT molecular complexity index is 243. The molecule has 94 valence electrons. The van der Waals surface area contributed by atoms with E-state index in [0.29, 0.717) is 17.7 Å². The molecule has 2 heteroatoms. The van der Waals surface area contributed by atoms with Crippen molar-refractivity contribution in [1.82, 2.24) is 5.32 Å². The summed E-state index contributed by atoms with van der Waals surface area (Å²) < 4.78 is 0. The second-order valence-corrected chi connectivity index (χ2v) is 6.10. The van der Waals surface area contributed by atoms with Crippen LogP contribution in [0, 0.1) is 11.8 Å². The number of rotatable bonds is 4. The van der Waals surface area contributed by atoms with Gasteiger partial charge in [-0.15, -0.1) is 0 Å². The maximum atomic E-state index is 12.4. The Morgan fingerprint density at radius 2 is 1.94 bits per heavy atom. The Morgan fingerprint density at radius 1 is 1.31 bits per heavy atom. The third-order valence-electron chi connectivity index (χ3n) is 3.56. The number of carbonyl (C=O) groups is 1. The second kappa shape index (κ2) is 5.31. The molecule has 0 radical (unpaired) electrons. The molecule has 16 heavy (non-hydrogen) atoms. The van der Waals surface area contributed by atoms with Crippen LogP contribution in [0.4, 0.5) is 0 Å². The number of Topliss-reactive ketones (excluding diaryl/α,β-unsaturated/α-hetero) is 1. The highest BCUT2D eigenvalue weighted by Gasteiger charge is 2.42. The summed E-state index contributed by atoms with van der Waals surface area (Å²) in [5.41, 5.74) is -0.236. The molecule has 2 unspecified atom stereocenters. The minimum atomic E-state index is -0.236. The minimum Gasteiger partial charge on any atom is -0.303 e. The van der Waals surface area contributed by atoms with Gasteiger partial charge in [-0.1, -0.05) is 33.6 Å². The summed E-state index contributed by atoms with van der Waals surface area (Å²) in [5, 5.41) is 3.56. The Kier molecular flexibility index (Phi) is 4.54. The van der Waals surface area contributed by atoms with Crippen LogP contribution in [0.1, 0.15) is 60.3 Å². The van der Waals surface area contributed by atoms with Crippen molar-refractivity contribution >= 4 is 5.78 Å². The van der Waals surface area contributed by atoms with Gasteiger partial charge < -0.3 is 5.32 Å². The molecule has 2 atom stereocenters. The molecule has 1 N–H and O–H groups in total. The van der Waals surface area contributed by atoms with Gasteiger partial charge in [-0.3, -0.25) is 4.79 Å². The number of hydrogen-bond acceptors (Lipinski definition) is 2. The largest absolute Gasteiger partial charge is 0.303 e. The number of nitrogens with one attached hydrogen (secondary N) is 1. The molecular weight excluding hydrogens is 198 g/mol. The number of carbonyl (C=O) groups excluding carboxylic acids is 1. The van der Waals surface area contributed by atoms with E-state index in [0.717, 1.165) is 12.8 Å². The molecule has 1 aliphatic carbocycles. The third kappa shape index (κ3) is 3.07. The zero-order valence-corrected chi connectivity index (χ0v) is 11.5. The molecule has 2 nitrogen and oxygen atoms in total. The molecule has 0 aromatic rings. The van der Waals surface area contributed by atoms with E-state index in [9.17, 15) is 4.79 Å². The summed E-state index contributed by atoms with van der Waals surface area (Å²) >= 11 is 0. The Hall–Kier alpha value is -0.370. The average molecular weight is 225 g/mol. The smallest absolute Gasteiger partial charge is 0.155 e. The van der Waals surface area contributed by atoms with Crippen LogP contribution in [0.2, 0.25) is 0 Å². The lowest BCUT2D eigenvalue weighted by molar-refractivity contribution is -0.131. The zero-order chi connectivity index (χ0) is 12.3. The molecule has 0 bridgehead atoms. The molecule has 0 aromatic carbocycles. The van der Waals surface area contributed by atoms with Gasteiger partial charge in [-0.2, -0.15) is 0 Å². The van der Waals surface area contributed by atoms with Crippen molar-refractivity contribution in [2.45, 2.75) is 71.9 Å². The molecule has 0 spiro atoms. The highest BCUT2D eigenvalue weighted by molar-refractivity contribution is 5.90. The van der Waals surface area contributed by atoms with Crippen molar-refractivity contribution in [2.24, 2.45) is 11.8 Å². The van der Waals surface area contributed by atoms with Crippen LogP contribution in [-0.4, -0.2) is 17.4 Å². The Balaban J connectivity index is 2.87. The molecule has 0 aliphatic heterocycles. The molecule has 0 heterocycles. The van der Waals surface area contributed by atoms with Crippen LogP contribution < -0.4 is 5.32 Å². The highest BCUT2D eigenvalue weighted by atomic mass is 16.1. The topological polar surface area (TPSA) is 29.1 Å². The van der Waals surface area contributed by atoms with E-state index in [4.69, 9.17) is 0 Å². The first-order valence-corrected chi connectivity index (χ1v) is 6.69. The van der Waals surface area contributed by atoms with Crippen LogP contribution in [0.5, 0.6) is 0 Å². The molecular formula is C14H27NO. The summed E-state index contributed by atoms with van der Waals surface area (Å²) in [7, 11) is 0. The molecule has 1 aliphatic rings. The predicted molar refractivity (Wildman–Crippen MR) is 68.5 cm³/mol. The van der Waals surface area contributed by atoms with E-state index in [1.807, 2.05) is 13.8 Å². The van der Waals surface area contributed by atoms with Crippen LogP contribution >= 0.6 is 0 Å². The van der Waals surface area contributed by atoms with Crippen LogP contribution in [0.25, 0.3) is 0 Å². The zero-order valence-electron chi connectivity index (χ0n) is 11.5. The summed E-state index contributed by atoms with van der Waals surface area (Å²) in [4.78, 5) is 12.4. The van der Waals surface area contributed by atoms with Crippen LogP contribution in [0.3, 0.4) is 0 Å². The van der Waals surface area contributed by atoms with Crippen molar-refractivity contribution in [1.29, 1.82) is 0 Å². The lowest BCUT2D eigenvalue weighted by Gasteiger charge is -2.42. The maximum absolute atomic E-state index is 12.4. The lowest BCUT2D eigenvalue weighted by Crippen LogP contribution is -2.58. The van der Waals surface area contributed by atoms with Gasteiger partial charge in [0.05, 0.1) is 5.54 Å². The molecule has 0 aromatic heterocycles. The van der Waals surface area contributed by atoms with Gasteiger partial charge in [0.15, 0.2) is 5.78 Å². The van der Waals surface area contributed by atoms with E-state index in [-0.39, 0.29) is 11.5 Å².